The highest BCUT2D eigenvalue weighted by atomic mass is 32.1. The third-order valence-electron chi connectivity index (χ3n) is 6.03. The number of halogens is 1. The Bertz CT molecular complexity index is 1070. The summed E-state index contributed by atoms with van der Waals surface area (Å²) in [4.78, 5) is 19.3. The van der Waals surface area contributed by atoms with E-state index in [9.17, 15) is 9.18 Å². The first-order chi connectivity index (χ1) is 16.5. The van der Waals surface area contributed by atoms with Gasteiger partial charge in [0.05, 0.1) is 57.6 Å². The molecule has 0 radical (unpaired) electrons. The summed E-state index contributed by atoms with van der Waals surface area (Å²) in [5.74, 6) is 0.506. The smallest absolute Gasteiger partial charge is 0.267 e. The molecule has 2 atom stereocenters. The number of anilines is 2. The second-order valence-corrected chi connectivity index (χ2v) is 9.00. The monoisotopic (exact) mass is 491 g/mol. The molecule has 0 spiro atoms. The number of likely N-dealkylation sites (tertiary alicyclic amines) is 1. The lowest BCUT2D eigenvalue weighted by molar-refractivity contribution is -0.163. The zero-order valence-corrected chi connectivity index (χ0v) is 19.6. The summed E-state index contributed by atoms with van der Waals surface area (Å²) in [5.41, 5.74) is 1.34. The molecule has 0 bridgehead atoms. The molecule has 2 fully saturated rings. The molecule has 3 aliphatic rings. The highest BCUT2D eigenvalue weighted by Gasteiger charge is 2.43. The minimum atomic E-state index is -1.25. The van der Waals surface area contributed by atoms with Gasteiger partial charge in [-0.2, -0.15) is 0 Å². The van der Waals surface area contributed by atoms with Crippen LogP contribution < -0.4 is 19.1 Å². The molecule has 5 rings (SSSR count). The lowest BCUT2D eigenvalue weighted by Gasteiger charge is -2.34. The van der Waals surface area contributed by atoms with Gasteiger partial charge in [0, 0.05) is 25.1 Å². The Morgan fingerprint density at radius 3 is 2.91 bits per heavy atom. The molecule has 9 nitrogen and oxygen atoms in total. The normalized spacial score (nSPS) is 24.4. The van der Waals surface area contributed by atoms with Gasteiger partial charge < -0.3 is 33.5 Å². The number of thiol groups is 1. The Kier molecular flexibility index (Phi) is 6.41. The van der Waals surface area contributed by atoms with Crippen molar-refractivity contribution in [3.63, 3.8) is 0 Å². The van der Waals surface area contributed by atoms with Gasteiger partial charge in [0.25, 0.3) is 5.91 Å². The first kappa shape index (κ1) is 23.0. The Hall–Kier alpha value is -2.76. The zero-order chi connectivity index (χ0) is 23.7. The number of methoxy groups -OCH3 is 1. The zero-order valence-electron chi connectivity index (χ0n) is 18.7. The van der Waals surface area contributed by atoms with E-state index >= 15 is 0 Å². The van der Waals surface area contributed by atoms with Crippen molar-refractivity contribution in [1.29, 1.82) is 0 Å². The molecule has 1 unspecified atom stereocenters. The van der Waals surface area contributed by atoms with E-state index in [1.165, 1.54) is 13.2 Å². The van der Waals surface area contributed by atoms with Crippen LogP contribution >= 0.6 is 12.6 Å². The fraction of sp³-hybridized carbons (Fsp3) is 0.478. The number of ether oxygens (including phenoxy) is 5. The quantitative estimate of drug-likeness (QED) is 0.639. The second-order valence-electron chi connectivity index (χ2n) is 8.28. The summed E-state index contributed by atoms with van der Waals surface area (Å²) in [5, 5.41) is 0. The number of amides is 1. The van der Waals surface area contributed by atoms with Crippen LogP contribution in [0, 0.1) is 5.82 Å². The van der Waals surface area contributed by atoms with Crippen molar-refractivity contribution in [2.45, 2.75) is 17.5 Å². The van der Waals surface area contributed by atoms with Crippen molar-refractivity contribution < 1.29 is 32.9 Å². The molecule has 1 amide bonds. The topological polar surface area (TPSA) is 82.6 Å². The maximum absolute atomic E-state index is 14.3. The van der Waals surface area contributed by atoms with Gasteiger partial charge >= 0.3 is 0 Å². The number of nitrogens with zero attached hydrogens (tertiary/aromatic N) is 3. The van der Waals surface area contributed by atoms with Crippen molar-refractivity contribution in [2.24, 2.45) is 0 Å². The van der Waals surface area contributed by atoms with E-state index in [1.54, 1.807) is 11.1 Å². The third kappa shape index (κ3) is 4.47. The Labute approximate surface area is 202 Å². The van der Waals surface area contributed by atoms with E-state index < -0.39 is 10.8 Å². The first-order valence-corrected chi connectivity index (χ1v) is 11.6. The van der Waals surface area contributed by atoms with E-state index in [0.29, 0.717) is 63.1 Å². The van der Waals surface area contributed by atoms with Crippen LogP contribution in [0.25, 0.3) is 0 Å². The van der Waals surface area contributed by atoms with Gasteiger partial charge in [0.2, 0.25) is 10.8 Å². The van der Waals surface area contributed by atoms with Crippen LogP contribution in [-0.4, -0.2) is 80.0 Å². The largest absolute Gasteiger partial charge is 0.490 e. The maximum Gasteiger partial charge on any atom is 0.267 e. The number of pyridine rings is 1. The Morgan fingerprint density at radius 1 is 1.26 bits per heavy atom. The summed E-state index contributed by atoms with van der Waals surface area (Å²) >= 11 is 4.43. The standard InChI is InChI=1S/C23H26FN3O6S/c1-29-21-18(24)10-15(12-25-21)27-6-7-31-20-3-2-16(11-19(20)27)33-17-4-5-26(13-17)22(28)23(34)14-30-8-9-32-23/h2-3,10-12,17,34H,4-9,13-14H2,1H3/t17-,23?/m0/s1. The van der Waals surface area contributed by atoms with Gasteiger partial charge in [0.15, 0.2) is 5.82 Å². The highest BCUT2D eigenvalue weighted by molar-refractivity contribution is 7.82. The van der Waals surface area contributed by atoms with E-state index in [0.717, 1.165) is 5.69 Å². The van der Waals surface area contributed by atoms with Gasteiger partial charge in [-0.3, -0.25) is 4.79 Å². The maximum atomic E-state index is 14.3. The molecule has 1 aromatic carbocycles. The van der Waals surface area contributed by atoms with Crippen LogP contribution in [0.1, 0.15) is 6.42 Å². The molecular weight excluding hydrogens is 465 g/mol. The number of carbonyl (C=O) groups excluding carboxylic acids is 1. The van der Waals surface area contributed by atoms with E-state index in [2.05, 4.69) is 17.6 Å². The summed E-state index contributed by atoms with van der Waals surface area (Å²) in [6.45, 7) is 2.88. The van der Waals surface area contributed by atoms with Crippen LogP contribution in [0.4, 0.5) is 15.8 Å². The van der Waals surface area contributed by atoms with E-state index in [-0.39, 0.29) is 24.5 Å². The van der Waals surface area contributed by atoms with Crippen LogP contribution in [0.2, 0.25) is 0 Å². The van der Waals surface area contributed by atoms with E-state index in [4.69, 9.17) is 23.7 Å². The molecule has 1 aromatic heterocycles. The third-order valence-corrected chi connectivity index (χ3v) is 6.48. The Balaban J connectivity index is 1.29. The summed E-state index contributed by atoms with van der Waals surface area (Å²) in [6, 6.07) is 6.91. The molecular formula is C23H26FN3O6S. The number of fused-ring (bicyclic) bond motifs is 1. The molecule has 11 heteroatoms. The average Bonchev–Trinajstić information content (AvgIpc) is 3.32. The SMILES string of the molecule is COc1ncc(N2CCOc3ccc(O[C@H]4CCN(C(=O)C5(S)COCCO5)C4)cc32)cc1F. The molecule has 182 valence electrons. The molecule has 0 saturated carbocycles. The molecule has 2 aromatic rings. The van der Waals surface area contributed by atoms with Gasteiger partial charge in [-0.25, -0.2) is 9.37 Å². The van der Waals surface area contributed by atoms with Crippen LogP contribution in [-0.2, 0) is 14.3 Å². The van der Waals surface area contributed by atoms with Gasteiger partial charge in [-0.15, -0.1) is 12.6 Å². The van der Waals surface area contributed by atoms with Crippen molar-refractivity contribution in [1.82, 2.24) is 9.88 Å². The number of hydrogen-bond acceptors (Lipinski definition) is 9. The van der Waals surface area contributed by atoms with E-state index in [1.807, 2.05) is 23.1 Å². The highest BCUT2D eigenvalue weighted by Crippen LogP contribution is 2.40. The molecule has 4 heterocycles. The molecule has 34 heavy (non-hydrogen) atoms. The lowest BCUT2D eigenvalue weighted by atomic mass is 10.2. The van der Waals surface area contributed by atoms with Crippen LogP contribution in [0.5, 0.6) is 17.4 Å². The molecule has 3 aliphatic heterocycles. The predicted octanol–water partition coefficient (Wildman–Crippen LogP) is 2.41. The van der Waals surface area contributed by atoms with Crippen LogP contribution in [0.15, 0.2) is 30.5 Å². The van der Waals surface area contributed by atoms with Gasteiger partial charge in [0.1, 0.15) is 24.2 Å². The van der Waals surface area contributed by atoms with Gasteiger partial charge in [-0.1, -0.05) is 0 Å². The fourth-order valence-corrected chi connectivity index (χ4v) is 4.67. The van der Waals surface area contributed by atoms with Crippen molar-refractivity contribution in [3.8, 4) is 17.4 Å². The summed E-state index contributed by atoms with van der Waals surface area (Å²) < 4.78 is 42.1. The Morgan fingerprint density at radius 2 is 2.15 bits per heavy atom. The summed E-state index contributed by atoms with van der Waals surface area (Å²) in [6.07, 6.45) is 2.07. The predicted molar refractivity (Wildman–Crippen MR) is 124 cm³/mol. The number of carbonyl (C=O) groups is 1. The van der Waals surface area contributed by atoms with Crippen molar-refractivity contribution >= 4 is 29.9 Å². The number of aromatic nitrogens is 1. The minimum Gasteiger partial charge on any atom is -0.490 e. The number of rotatable bonds is 5. The first-order valence-electron chi connectivity index (χ1n) is 11.1. The average molecular weight is 492 g/mol. The summed E-state index contributed by atoms with van der Waals surface area (Å²) in [7, 11) is 1.38. The molecule has 0 aliphatic carbocycles. The number of hydrogen-bond donors (Lipinski definition) is 1. The van der Waals surface area contributed by atoms with Gasteiger partial charge in [-0.05, 0) is 12.1 Å². The van der Waals surface area contributed by atoms with Crippen molar-refractivity contribution in [3.05, 3.63) is 36.3 Å². The number of benzene rings is 1. The van der Waals surface area contributed by atoms with Crippen molar-refractivity contribution in [2.75, 3.05) is 58.1 Å². The second kappa shape index (κ2) is 9.47. The minimum absolute atomic E-state index is 0.0529. The lowest BCUT2D eigenvalue weighted by Crippen LogP contribution is -2.52. The fourth-order valence-electron chi connectivity index (χ4n) is 4.35. The molecule has 2 saturated heterocycles. The molecule has 0 N–H and O–H groups in total. The van der Waals surface area contributed by atoms with Crippen LogP contribution in [0.3, 0.4) is 0 Å².